The minimum Gasteiger partial charge on any atom is -0.478 e. The fourth-order valence-electron chi connectivity index (χ4n) is 5.21. The Morgan fingerprint density at radius 3 is 2.53 bits per heavy atom. The van der Waals surface area contributed by atoms with Crippen LogP contribution in [0, 0.1) is 18.3 Å². The number of fused-ring (bicyclic) bond motifs is 2. The van der Waals surface area contributed by atoms with Crippen molar-refractivity contribution in [1.82, 2.24) is 8.87 Å². The number of hydrogen-bond donors (Lipinski definition) is 1. The van der Waals surface area contributed by atoms with Crippen molar-refractivity contribution < 1.29 is 37.3 Å². The zero-order valence-corrected chi connectivity index (χ0v) is 21.3. The lowest BCUT2D eigenvalue weighted by Gasteiger charge is -2.26. The van der Waals surface area contributed by atoms with Crippen LogP contribution < -0.4 is 5.56 Å². The number of carboxylic acid groups (broad SMARTS) is 1. The third-order valence-electron chi connectivity index (χ3n) is 7.10. The van der Waals surface area contributed by atoms with Gasteiger partial charge in [0.25, 0.3) is 5.56 Å². The quantitative estimate of drug-likeness (QED) is 0.523. The first-order valence-electron chi connectivity index (χ1n) is 12.1. The summed E-state index contributed by atoms with van der Waals surface area (Å²) in [6.45, 7) is 2.61. The summed E-state index contributed by atoms with van der Waals surface area (Å²) < 4.78 is 45.6. The van der Waals surface area contributed by atoms with E-state index in [1.54, 1.807) is 18.2 Å². The maximum Gasteiger partial charge on any atom is 0.349 e. The topological polar surface area (TPSA) is 165 Å². The number of sulfonamides is 1. The highest BCUT2D eigenvalue weighted by atomic mass is 32.2. The second kappa shape index (κ2) is 9.63. The van der Waals surface area contributed by atoms with Crippen molar-refractivity contribution in [3.05, 3.63) is 63.1 Å². The molecule has 0 amide bonds. The lowest BCUT2D eigenvalue weighted by molar-refractivity contribution is -0.167. The molecule has 38 heavy (non-hydrogen) atoms. The van der Waals surface area contributed by atoms with Gasteiger partial charge in [-0.05, 0) is 38.0 Å². The molecule has 0 radical (unpaired) electrons. The molecule has 5 rings (SSSR count). The van der Waals surface area contributed by atoms with Crippen LogP contribution >= 0.6 is 0 Å². The van der Waals surface area contributed by atoms with E-state index in [0.717, 1.165) is 9.87 Å². The number of benzene rings is 1. The van der Waals surface area contributed by atoms with E-state index in [4.69, 9.17) is 14.2 Å². The molecule has 3 aliphatic heterocycles. The van der Waals surface area contributed by atoms with Gasteiger partial charge in [-0.25, -0.2) is 13.2 Å². The average molecular weight is 544 g/mol. The van der Waals surface area contributed by atoms with Gasteiger partial charge < -0.3 is 23.9 Å². The van der Waals surface area contributed by atoms with Crippen LogP contribution in [0.25, 0.3) is 0 Å². The molecule has 2 saturated heterocycles. The fourth-order valence-corrected chi connectivity index (χ4v) is 6.85. The zero-order chi connectivity index (χ0) is 27.2. The van der Waals surface area contributed by atoms with Gasteiger partial charge in [-0.15, -0.1) is 0 Å². The molecule has 200 valence electrons. The van der Waals surface area contributed by atoms with E-state index in [1.165, 1.54) is 22.8 Å². The number of rotatable bonds is 6. The lowest BCUT2D eigenvalue weighted by Crippen LogP contribution is -2.42. The van der Waals surface area contributed by atoms with Crippen molar-refractivity contribution in [1.29, 1.82) is 5.26 Å². The first-order valence-corrected chi connectivity index (χ1v) is 13.5. The van der Waals surface area contributed by atoms with Gasteiger partial charge in [-0.3, -0.25) is 9.59 Å². The summed E-state index contributed by atoms with van der Waals surface area (Å²) in [6.07, 6.45) is -1.25. The van der Waals surface area contributed by atoms with E-state index in [9.17, 15) is 33.2 Å². The van der Waals surface area contributed by atoms with Crippen LogP contribution in [0.5, 0.6) is 0 Å². The van der Waals surface area contributed by atoms with Gasteiger partial charge in [0.05, 0.1) is 23.8 Å². The zero-order valence-electron chi connectivity index (χ0n) is 20.5. The van der Waals surface area contributed by atoms with E-state index in [2.05, 4.69) is 0 Å². The predicted molar refractivity (Wildman–Crippen MR) is 128 cm³/mol. The SMILES string of the molecule is Cc1ccc(S(=O)(=O)N2CCC[C@@H]2C(=O)OC(C(=O)O)c2cc3n(c(=O)c2C#N)CCC32OCCO2)cc1. The van der Waals surface area contributed by atoms with Crippen LogP contribution in [-0.4, -0.2) is 60.1 Å². The highest BCUT2D eigenvalue weighted by molar-refractivity contribution is 7.89. The first kappa shape index (κ1) is 26.1. The number of pyridine rings is 1. The number of hydrogen-bond acceptors (Lipinski definition) is 9. The van der Waals surface area contributed by atoms with Gasteiger partial charge in [-0.1, -0.05) is 17.7 Å². The molecule has 2 atom stereocenters. The van der Waals surface area contributed by atoms with E-state index < -0.39 is 51.0 Å². The molecule has 1 spiro atoms. The highest BCUT2D eigenvalue weighted by Crippen LogP contribution is 2.41. The van der Waals surface area contributed by atoms with Gasteiger partial charge in [0, 0.05) is 25.1 Å². The van der Waals surface area contributed by atoms with E-state index in [0.29, 0.717) is 12.8 Å². The number of esters is 1. The van der Waals surface area contributed by atoms with Crippen molar-refractivity contribution in [3.63, 3.8) is 0 Å². The Bertz CT molecular complexity index is 1500. The van der Waals surface area contributed by atoms with Crippen molar-refractivity contribution in [2.45, 2.75) is 55.6 Å². The number of aromatic nitrogens is 1. The predicted octanol–water partition coefficient (Wildman–Crippen LogP) is 1.15. The van der Waals surface area contributed by atoms with Crippen LogP contribution in [-0.2, 0) is 46.2 Å². The molecule has 1 aromatic carbocycles. The van der Waals surface area contributed by atoms with Gasteiger partial charge >= 0.3 is 11.9 Å². The molecule has 1 aromatic heterocycles. The lowest BCUT2D eigenvalue weighted by atomic mass is 10.0. The van der Waals surface area contributed by atoms with Crippen molar-refractivity contribution in [3.8, 4) is 6.07 Å². The van der Waals surface area contributed by atoms with Gasteiger partial charge in [0.15, 0.2) is 0 Å². The first-order chi connectivity index (χ1) is 18.1. The molecule has 2 fully saturated rings. The van der Waals surface area contributed by atoms with Crippen molar-refractivity contribution in [2.75, 3.05) is 19.8 Å². The standard InChI is InChI=1S/C25H25N3O9S/c1-15-4-6-16(7-5-15)38(33,34)28-9-2-3-19(28)24(32)37-21(23(30)31)17-13-20-25(35-11-12-36-25)8-10-27(20)22(29)18(17)14-26/h4-7,13,19,21H,2-3,8-12H2,1H3,(H,30,31)/t19-,21?/m1/s1. The van der Waals surface area contributed by atoms with Crippen LogP contribution in [0.3, 0.4) is 0 Å². The Morgan fingerprint density at radius 2 is 1.89 bits per heavy atom. The van der Waals surface area contributed by atoms with Crippen LogP contribution in [0.1, 0.15) is 47.8 Å². The number of nitrogens with zero attached hydrogens (tertiary/aromatic N) is 3. The van der Waals surface area contributed by atoms with E-state index in [1.807, 2.05) is 6.92 Å². The van der Waals surface area contributed by atoms with Crippen LogP contribution in [0.2, 0.25) is 0 Å². The second-order valence-corrected chi connectivity index (χ2v) is 11.3. The molecule has 3 aliphatic rings. The Hall–Kier alpha value is -3.57. The van der Waals surface area contributed by atoms with Gasteiger partial charge in [0.2, 0.25) is 21.9 Å². The molecule has 12 nitrogen and oxygen atoms in total. The number of nitriles is 1. The molecular formula is C25H25N3O9S. The van der Waals surface area contributed by atoms with Gasteiger partial charge in [-0.2, -0.15) is 9.57 Å². The Labute approximate surface area is 218 Å². The summed E-state index contributed by atoms with van der Waals surface area (Å²) in [7, 11) is -4.07. The minimum atomic E-state index is -4.07. The average Bonchev–Trinajstić information content (AvgIpc) is 3.64. The molecular weight excluding hydrogens is 518 g/mol. The molecule has 0 saturated carbocycles. The number of carbonyl (C=O) groups excluding carboxylic acids is 1. The summed E-state index contributed by atoms with van der Waals surface area (Å²) in [5.41, 5.74) is -0.460. The Balaban J connectivity index is 1.48. The minimum absolute atomic E-state index is 0.00198. The summed E-state index contributed by atoms with van der Waals surface area (Å²) in [5.74, 6) is -3.96. The highest BCUT2D eigenvalue weighted by Gasteiger charge is 2.47. The fraction of sp³-hybridized carbons (Fsp3) is 0.440. The molecule has 4 heterocycles. The summed E-state index contributed by atoms with van der Waals surface area (Å²) in [4.78, 5) is 38.6. The molecule has 1 N–H and O–H groups in total. The summed E-state index contributed by atoms with van der Waals surface area (Å²) in [6, 6.07) is 7.90. The second-order valence-electron chi connectivity index (χ2n) is 9.37. The molecule has 13 heteroatoms. The van der Waals surface area contributed by atoms with E-state index in [-0.39, 0.29) is 48.9 Å². The molecule has 2 aromatic rings. The smallest absolute Gasteiger partial charge is 0.349 e. The van der Waals surface area contributed by atoms with Crippen molar-refractivity contribution >= 4 is 22.0 Å². The number of carboxylic acids is 1. The number of ether oxygens (including phenoxy) is 3. The largest absolute Gasteiger partial charge is 0.478 e. The van der Waals surface area contributed by atoms with Gasteiger partial charge in [0.1, 0.15) is 17.7 Å². The maximum atomic E-state index is 13.3. The Kier molecular flexibility index (Phi) is 6.60. The van der Waals surface area contributed by atoms with E-state index >= 15 is 0 Å². The van der Waals surface area contributed by atoms with Crippen LogP contribution in [0.4, 0.5) is 0 Å². The van der Waals surface area contributed by atoms with Crippen LogP contribution in [0.15, 0.2) is 40.0 Å². The monoisotopic (exact) mass is 543 g/mol. The number of carbonyl (C=O) groups is 2. The maximum absolute atomic E-state index is 13.3. The Morgan fingerprint density at radius 1 is 1.21 bits per heavy atom. The third kappa shape index (κ3) is 4.19. The normalized spacial score (nSPS) is 21.2. The third-order valence-corrected chi connectivity index (χ3v) is 9.02. The summed E-state index contributed by atoms with van der Waals surface area (Å²) >= 11 is 0. The summed E-state index contributed by atoms with van der Waals surface area (Å²) in [5, 5.41) is 19.7. The number of aryl methyl sites for hydroxylation is 1. The molecule has 1 unspecified atom stereocenters. The molecule has 0 aliphatic carbocycles. The van der Waals surface area contributed by atoms with Crippen molar-refractivity contribution in [2.24, 2.45) is 0 Å². The molecule has 0 bridgehead atoms. The number of aliphatic carboxylic acids is 1.